The van der Waals surface area contributed by atoms with Gasteiger partial charge in [-0.15, -0.1) is 0 Å². The number of carbonyl (C=O) groups is 1. The molecule has 1 aromatic carbocycles. The second-order valence-corrected chi connectivity index (χ2v) is 5.82. The van der Waals surface area contributed by atoms with Gasteiger partial charge in [0.1, 0.15) is 0 Å². The molecule has 1 amide bonds. The number of aliphatic hydroxyl groups is 1. The van der Waals surface area contributed by atoms with Crippen molar-refractivity contribution in [1.29, 1.82) is 0 Å². The van der Waals surface area contributed by atoms with Crippen LogP contribution in [-0.4, -0.2) is 34.7 Å². The second-order valence-electron chi connectivity index (χ2n) is 5.82. The molecule has 2 unspecified atom stereocenters. The first-order valence-electron chi connectivity index (χ1n) is 7.31. The fraction of sp³-hybridized carbons (Fsp3) is 0.438. The Bertz CT molecular complexity index is 677. The third-order valence-electron chi connectivity index (χ3n) is 4.26. The number of amides is 1. The molecular formula is C16H21N3O2. The molecule has 5 heteroatoms. The van der Waals surface area contributed by atoms with Gasteiger partial charge >= 0.3 is 0 Å². The minimum Gasteiger partial charge on any atom is -0.392 e. The maximum Gasteiger partial charge on any atom is 0.237 e. The van der Waals surface area contributed by atoms with Gasteiger partial charge in [0.25, 0.3) is 0 Å². The maximum absolute atomic E-state index is 12.0. The number of carbonyl (C=O) groups excluding carboxylic acids is 1. The van der Waals surface area contributed by atoms with E-state index in [1.807, 2.05) is 12.1 Å². The predicted octanol–water partition coefficient (Wildman–Crippen LogP) is 1.12. The third-order valence-corrected chi connectivity index (χ3v) is 4.26. The molecule has 0 bridgehead atoms. The van der Waals surface area contributed by atoms with Crippen LogP contribution in [0.1, 0.15) is 23.2 Å². The third kappa shape index (κ3) is 2.80. The zero-order valence-corrected chi connectivity index (χ0v) is 12.4. The van der Waals surface area contributed by atoms with Crippen molar-refractivity contribution in [2.75, 3.05) is 6.54 Å². The number of aromatic nitrogens is 1. The van der Waals surface area contributed by atoms with Gasteiger partial charge in [0.15, 0.2) is 0 Å². The van der Waals surface area contributed by atoms with Gasteiger partial charge in [-0.2, -0.15) is 0 Å². The fourth-order valence-corrected chi connectivity index (χ4v) is 2.85. The number of aliphatic hydroxyl groups excluding tert-OH is 1. The van der Waals surface area contributed by atoms with E-state index in [4.69, 9.17) is 0 Å². The van der Waals surface area contributed by atoms with Gasteiger partial charge in [-0.3, -0.25) is 4.79 Å². The average Bonchev–Trinajstić information content (AvgIpc) is 3.02. The smallest absolute Gasteiger partial charge is 0.237 e. The number of hydrogen-bond acceptors (Lipinski definition) is 3. The summed E-state index contributed by atoms with van der Waals surface area (Å²) in [6.45, 7) is 5.16. The van der Waals surface area contributed by atoms with Crippen LogP contribution in [0.3, 0.4) is 0 Å². The molecule has 0 saturated carbocycles. The summed E-state index contributed by atoms with van der Waals surface area (Å²) in [7, 11) is 0. The lowest BCUT2D eigenvalue weighted by Crippen LogP contribution is -2.39. The van der Waals surface area contributed by atoms with Crippen molar-refractivity contribution in [1.82, 2.24) is 15.6 Å². The van der Waals surface area contributed by atoms with Crippen LogP contribution in [-0.2, 0) is 11.3 Å². The van der Waals surface area contributed by atoms with Gasteiger partial charge in [-0.05, 0) is 43.5 Å². The van der Waals surface area contributed by atoms with E-state index in [1.54, 1.807) is 0 Å². The summed E-state index contributed by atoms with van der Waals surface area (Å²) >= 11 is 0. The predicted molar refractivity (Wildman–Crippen MR) is 82.0 cm³/mol. The monoisotopic (exact) mass is 287 g/mol. The van der Waals surface area contributed by atoms with Gasteiger partial charge < -0.3 is 20.7 Å². The minimum atomic E-state index is -0.414. The van der Waals surface area contributed by atoms with E-state index in [-0.39, 0.29) is 11.9 Å². The standard InChI is InChI=1S/C16H21N3O2/c1-9-10(2)19-14-4-3-11(5-13(9)14)7-18-16(21)15-6-12(20)8-17-15/h3-5,12,15,17,19-20H,6-8H2,1-2H3,(H,18,21). The first-order chi connectivity index (χ1) is 10.0. The van der Waals surface area contributed by atoms with Crippen LogP contribution in [0, 0.1) is 13.8 Å². The van der Waals surface area contributed by atoms with Crippen molar-refractivity contribution in [3.63, 3.8) is 0 Å². The van der Waals surface area contributed by atoms with Crippen LogP contribution in [0.2, 0.25) is 0 Å². The van der Waals surface area contributed by atoms with Crippen molar-refractivity contribution < 1.29 is 9.90 Å². The van der Waals surface area contributed by atoms with E-state index in [1.165, 1.54) is 16.6 Å². The highest BCUT2D eigenvalue weighted by Crippen LogP contribution is 2.22. The van der Waals surface area contributed by atoms with E-state index >= 15 is 0 Å². The Morgan fingerprint density at radius 3 is 2.95 bits per heavy atom. The molecule has 3 rings (SSSR count). The molecule has 0 aliphatic carbocycles. The SMILES string of the molecule is Cc1[nH]c2ccc(CNC(=O)C3CC(O)CN3)cc2c1C. The van der Waals surface area contributed by atoms with Crippen LogP contribution in [0.15, 0.2) is 18.2 Å². The maximum atomic E-state index is 12.0. The van der Waals surface area contributed by atoms with Crippen LogP contribution < -0.4 is 10.6 Å². The van der Waals surface area contributed by atoms with Gasteiger partial charge in [0, 0.05) is 29.7 Å². The summed E-state index contributed by atoms with van der Waals surface area (Å²) in [6.07, 6.45) is 0.0728. The van der Waals surface area contributed by atoms with Crippen LogP contribution >= 0.6 is 0 Å². The van der Waals surface area contributed by atoms with E-state index < -0.39 is 6.10 Å². The fourth-order valence-electron chi connectivity index (χ4n) is 2.85. The Hall–Kier alpha value is -1.85. The molecule has 0 spiro atoms. The molecule has 112 valence electrons. The topological polar surface area (TPSA) is 77.2 Å². The quantitative estimate of drug-likeness (QED) is 0.683. The first kappa shape index (κ1) is 14.1. The van der Waals surface area contributed by atoms with Crippen molar-refractivity contribution >= 4 is 16.8 Å². The number of β-amino-alcohol motifs (C(OH)–C–C–N with tert-alkyl or cyclic N) is 1. The van der Waals surface area contributed by atoms with Crippen LogP contribution in [0.5, 0.6) is 0 Å². The van der Waals surface area contributed by atoms with Crippen LogP contribution in [0.4, 0.5) is 0 Å². The van der Waals surface area contributed by atoms with Gasteiger partial charge in [0.2, 0.25) is 5.91 Å². The highest BCUT2D eigenvalue weighted by molar-refractivity contribution is 5.85. The van der Waals surface area contributed by atoms with Crippen molar-refractivity contribution in [2.45, 2.75) is 39.0 Å². The molecule has 21 heavy (non-hydrogen) atoms. The molecule has 1 aromatic heterocycles. The normalized spacial score (nSPS) is 21.9. The summed E-state index contributed by atoms with van der Waals surface area (Å²) in [5, 5.41) is 16.6. The number of nitrogens with one attached hydrogen (secondary N) is 3. The lowest BCUT2D eigenvalue weighted by atomic mass is 10.1. The highest BCUT2D eigenvalue weighted by atomic mass is 16.3. The van der Waals surface area contributed by atoms with Gasteiger partial charge in [-0.1, -0.05) is 6.07 Å². The van der Waals surface area contributed by atoms with E-state index in [9.17, 15) is 9.90 Å². The summed E-state index contributed by atoms with van der Waals surface area (Å²) in [6, 6.07) is 5.91. The summed E-state index contributed by atoms with van der Waals surface area (Å²) in [4.78, 5) is 15.4. The van der Waals surface area contributed by atoms with Crippen molar-refractivity contribution in [2.24, 2.45) is 0 Å². The number of benzene rings is 1. The Labute approximate surface area is 123 Å². The van der Waals surface area contributed by atoms with Gasteiger partial charge in [-0.25, -0.2) is 0 Å². The summed E-state index contributed by atoms with van der Waals surface area (Å²) < 4.78 is 0. The lowest BCUT2D eigenvalue weighted by Gasteiger charge is -2.11. The molecule has 2 atom stereocenters. The number of fused-ring (bicyclic) bond motifs is 1. The first-order valence-corrected chi connectivity index (χ1v) is 7.31. The zero-order chi connectivity index (χ0) is 15.0. The number of rotatable bonds is 3. The van der Waals surface area contributed by atoms with Crippen LogP contribution in [0.25, 0.3) is 10.9 Å². The molecule has 1 saturated heterocycles. The molecule has 2 heterocycles. The number of aromatic amines is 1. The zero-order valence-electron chi connectivity index (χ0n) is 12.4. The van der Waals surface area contributed by atoms with Crippen molar-refractivity contribution in [3.05, 3.63) is 35.0 Å². The highest BCUT2D eigenvalue weighted by Gasteiger charge is 2.27. The van der Waals surface area contributed by atoms with E-state index in [0.29, 0.717) is 19.5 Å². The molecule has 4 N–H and O–H groups in total. The minimum absolute atomic E-state index is 0.0476. The lowest BCUT2D eigenvalue weighted by molar-refractivity contribution is -0.123. The average molecular weight is 287 g/mol. The van der Waals surface area contributed by atoms with Gasteiger partial charge in [0.05, 0.1) is 12.1 Å². The molecule has 2 aromatic rings. The molecule has 0 radical (unpaired) electrons. The molecule has 5 nitrogen and oxygen atoms in total. The van der Waals surface area contributed by atoms with E-state index in [0.717, 1.165) is 11.1 Å². The Morgan fingerprint density at radius 1 is 1.43 bits per heavy atom. The Kier molecular flexibility index (Phi) is 3.69. The van der Waals surface area contributed by atoms with E-state index in [2.05, 4.69) is 35.5 Å². The number of hydrogen-bond donors (Lipinski definition) is 4. The molecule has 1 aliphatic heterocycles. The number of H-pyrrole nitrogens is 1. The molecule has 1 fully saturated rings. The largest absolute Gasteiger partial charge is 0.392 e. The summed E-state index contributed by atoms with van der Waals surface area (Å²) in [5.74, 6) is -0.0476. The Balaban J connectivity index is 1.68. The molecule has 1 aliphatic rings. The van der Waals surface area contributed by atoms with Crippen molar-refractivity contribution in [3.8, 4) is 0 Å². The number of aryl methyl sites for hydroxylation is 2. The Morgan fingerprint density at radius 2 is 2.24 bits per heavy atom. The molecular weight excluding hydrogens is 266 g/mol. The summed E-state index contributed by atoms with van der Waals surface area (Å²) in [5.41, 5.74) is 4.63. The second kappa shape index (κ2) is 5.50.